The first-order valence-corrected chi connectivity index (χ1v) is 8.59. The smallest absolute Gasteiger partial charge is 0.225 e. The highest BCUT2D eigenvalue weighted by Gasteiger charge is 2.36. The zero-order chi connectivity index (χ0) is 15.8. The van der Waals surface area contributed by atoms with E-state index in [1.165, 1.54) is 10.8 Å². The lowest BCUT2D eigenvalue weighted by molar-refractivity contribution is -0.133. The van der Waals surface area contributed by atoms with Crippen LogP contribution in [0.1, 0.15) is 25.7 Å². The maximum absolute atomic E-state index is 12.4. The first-order chi connectivity index (χ1) is 11.2. The third-order valence-electron chi connectivity index (χ3n) is 5.17. The van der Waals surface area contributed by atoms with E-state index in [1.807, 2.05) is 18.1 Å². The highest BCUT2D eigenvalue weighted by atomic mass is 16.2. The van der Waals surface area contributed by atoms with Crippen LogP contribution < -0.4 is 4.90 Å². The van der Waals surface area contributed by atoms with Crippen LogP contribution in [0, 0.1) is 5.92 Å². The number of pyridine rings is 1. The van der Waals surface area contributed by atoms with Crippen LogP contribution in [0.25, 0.3) is 10.8 Å². The Kier molecular flexibility index (Phi) is 3.68. The largest absolute Gasteiger partial charge is 0.354 e. The number of carbonyl (C=O) groups is 1. The summed E-state index contributed by atoms with van der Waals surface area (Å²) in [5.74, 6) is 1.69. The van der Waals surface area contributed by atoms with Crippen molar-refractivity contribution in [3.8, 4) is 0 Å². The van der Waals surface area contributed by atoms with Crippen LogP contribution in [0.4, 0.5) is 5.82 Å². The Bertz CT molecular complexity index is 720. The summed E-state index contributed by atoms with van der Waals surface area (Å²) in [5.41, 5.74) is 0. The molecule has 1 aliphatic carbocycles. The molecule has 1 saturated heterocycles. The lowest BCUT2D eigenvalue weighted by Crippen LogP contribution is -2.49. The molecule has 4 heteroatoms. The minimum atomic E-state index is 0.297. The first kappa shape index (κ1) is 14.5. The molecule has 23 heavy (non-hydrogen) atoms. The first-order valence-electron chi connectivity index (χ1n) is 8.59. The topological polar surface area (TPSA) is 36.4 Å². The van der Waals surface area contributed by atoms with Crippen LogP contribution in [0.3, 0.4) is 0 Å². The van der Waals surface area contributed by atoms with Crippen LogP contribution in [0.15, 0.2) is 36.5 Å². The van der Waals surface area contributed by atoms with Crippen molar-refractivity contribution in [1.29, 1.82) is 0 Å². The maximum Gasteiger partial charge on any atom is 0.225 e. The van der Waals surface area contributed by atoms with E-state index in [0.29, 0.717) is 17.9 Å². The quantitative estimate of drug-likeness (QED) is 0.874. The predicted molar refractivity (Wildman–Crippen MR) is 92.5 cm³/mol. The minimum absolute atomic E-state index is 0.297. The molecule has 0 spiro atoms. The van der Waals surface area contributed by atoms with Crippen LogP contribution in [-0.2, 0) is 4.79 Å². The normalized spacial score (nSPS) is 21.4. The van der Waals surface area contributed by atoms with E-state index in [-0.39, 0.29) is 0 Å². The van der Waals surface area contributed by atoms with Gasteiger partial charge in [-0.3, -0.25) is 4.79 Å². The predicted octanol–water partition coefficient (Wildman–Crippen LogP) is 3.07. The molecule has 0 radical (unpaired) electrons. The van der Waals surface area contributed by atoms with Gasteiger partial charge in [0, 0.05) is 43.7 Å². The summed E-state index contributed by atoms with van der Waals surface area (Å²) >= 11 is 0. The fraction of sp³-hybridized carbons (Fsp3) is 0.474. The van der Waals surface area contributed by atoms with Gasteiger partial charge in [-0.1, -0.05) is 24.3 Å². The molecule has 1 aromatic carbocycles. The molecule has 1 amide bonds. The highest BCUT2D eigenvalue weighted by molar-refractivity contribution is 5.92. The summed E-state index contributed by atoms with van der Waals surface area (Å²) in [7, 11) is 1.98. The van der Waals surface area contributed by atoms with Crippen molar-refractivity contribution in [2.75, 3.05) is 25.0 Å². The van der Waals surface area contributed by atoms with Crippen LogP contribution in [-0.4, -0.2) is 42.0 Å². The van der Waals surface area contributed by atoms with Gasteiger partial charge in [0.25, 0.3) is 0 Å². The molecule has 1 aliphatic heterocycles. The zero-order valence-electron chi connectivity index (χ0n) is 13.6. The van der Waals surface area contributed by atoms with E-state index in [4.69, 9.17) is 0 Å². The highest BCUT2D eigenvalue weighted by Crippen LogP contribution is 2.33. The molecule has 1 aromatic heterocycles. The Morgan fingerprint density at radius 2 is 2.04 bits per heavy atom. The van der Waals surface area contributed by atoms with E-state index in [9.17, 15) is 4.79 Å². The number of amides is 1. The standard InChI is InChI=1S/C19H23N3O/c1-21(19(23)15-8-9-15)16-6-4-12-22(13-16)18-17-7-3-2-5-14(17)10-11-20-18/h2-3,5,7,10-11,15-16H,4,6,8-9,12-13H2,1H3. The van der Waals surface area contributed by atoms with Crippen LogP contribution in [0.2, 0.25) is 0 Å². The van der Waals surface area contributed by atoms with Crippen molar-refractivity contribution in [1.82, 2.24) is 9.88 Å². The fourth-order valence-electron chi connectivity index (χ4n) is 3.62. The Morgan fingerprint density at radius 3 is 2.87 bits per heavy atom. The molecule has 0 bridgehead atoms. The van der Waals surface area contributed by atoms with Crippen LogP contribution >= 0.6 is 0 Å². The number of aromatic nitrogens is 1. The molecule has 2 heterocycles. The summed E-state index contributed by atoms with van der Waals surface area (Å²) < 4.78 is 0. The van der Waals surface area contributed by atoms with Crippen molar-refractivity contribution in [2.45, 2.75) is 31.7 Å². The number of rotatable bonds is 3. The SMILES string of the molecule is CN(C(=O)C1CC1)C1CCCN(c2nccc3ccccc23)C1. The van der Waals surface area contributed by atoms with Gasteiger partial charge in [-0.2, -0.15) is 0 Å². The van der Waals surface area contributed by atoms with E-state index >= 15 is 0 Å². The van der Waals surface area contributed by atoms with Gasteiger partial charge in [0.1, 0.15) is 5.82 Å². The molecule has 2 aromatic rings. The average molecular weight is 309 g/mol. The number of benzene rings is 1. The molecule has 4 nitrogen and oxygen atoms in total. The van der Waals surface area contributed by atoms with Gasteiger partial charge in [-0.25, -0.2) is 4.98 Å². The molecule has 1 saturated carbocycles. The second-order valence-electron chi connectivity index (χ2n) is 6.82. The summed E-state index contributed by atoms with van der Waals surface area (Å²) in [6.45, 7) is 1.90. The second kappa shape index (κ2) is 5.84. The summed E-state index contributed by atoms with van der Waals surface area (Å²) in [6, 6.07) is 10.8. The third kappa shape index (κ3) is 2.78. The van der Waals surface area contributed by atoms with Crippen molar-refractivity contribution >= 4 is 22.5 Å². The number of carbonyl (C=O) groups excluding carboxylic acids is 1. The van der Waals surface area contributed by atoms with E-state index in [1.54, 1.807) is 0 Å². The van der Waals surface area contributed by atoms with Gasteiger partial charge in [0.15, 0.2) is 0 Å². The molecule has 120 valence electrons. The van der Waals surface area contributed by atoms with Gasteiger partial charge >= 0.3 is 0 Å². The molecule has 1 atom stereocenters. The Morgan fingerprint density at radius 1 is 1.22 bits per heavy atom. The number of hydrogen-bond donors (Lipinski definition) is 0. The van der Waals surface area contributed by atoms with Crippen molar-refractivity contribution in [3.63, 3.8) is 0 Å². The van der Waals surface area contributed by atoms with Crippen molar-refractivity contribution in [2.24, 2.45) is 5.92 Å². The summed E-state index contributed by atoms with van der Waals surface area (Å²) in [4.78, 5) is 21.3. The van der Waals surface area contributed by atoms with Gasteiger partial charge in [0.2, 0.25) is 5.91 Å². The maximum atomic E-state index is 12.4. The second-order valence-corrected chi connectivity index (χ2v) is 6.82. The fourth-order valence-corrected chi connectivity index (χ4v) is 3.62. The third-order valence-corrected chi connectivity index (χ3v) is 5.17. The van der Waals surface area contributed by atoms with E-state index < -0.39 is 0 Å². The molecular weight excluding hydrogens is 286 g/mol. The summed E-state index contributed by atoms with van der Waals surface area (Å²) in [6.07, 6.45) is 6.24. The molecule has 2 fully saturated rings. The Balaban J connectivity index is 1.57. The van der Waals surface area contributed by atoms with Gasteiger partial charge in [-0.05, 0) is 37.1 Å². The molecule has 4 rings (SSSR count). The molecule has 2 aliphatic rings. The van der Waals surface area contributed by atoms with Gasteiger partial charge < -0.3 is 9.80 Å². The van der Waals surface area contributed by atoms with E-state index in [2.05, 4.69) is 40.2 Å². The lowest BCUT2D eigenvalue weighted by atomic mass is 10.0. The van der Waals surface area contributed by atoms with Crippen LogP contribution in [0.5, 0.6) is 0 Å². The lowest BCUT2D eigenvalue weighted by Gasteiger charge is -2.38. The van der Waals surface area contributed by atoms with Gasteiger partial charge in [0.05, 0.1) is 0 Å². The average Bonchev–Trinajstić information content (AvgIpc) is 3.45. The number of anilines is 1. The molecule has 1 unspecified atom stereocenters. The Labute approximate surface area is 137 Å². The van der Waals surface area contributed by atoms with Gasteiger partial charge in [-0.15, -0.1) is 0 Å². The van der Waals surface area contributed by atoms with E-state index in [0.717, 1.165) is 44.6 Å². The Hall–Kier alpha value is -2.10. The zero-order valence-corrected chi connectivity index (χ0v) is 13.6. The molecule has 0 N–H and O–H groups in total. The van der Waals surface area contributed by atoms with Crippen molar-refractivity contribution < 1.29 is 4.79 Å². The number of piperidine rings is 1. The number of hydrogen-bond acceptors (Lipinski definition) is 3. The number of fused-ring (bicyclic) bond motifs is 1. The van der Waals surface area contributed by atoms with Crippen molar-refractivity contribution in [3.05, 3.63) is 36.5 Å². The molecular formula is C19H23N3O. The summed E-state index contributed by atoms with van der Waals surface area (Å²) in [5, 5.41) is 2.42. The monoisotopic (exact) mass is 309 g/mol. The number of likely N-dealkylation sites (N-methyl/N-ethyl adjacent to an activating group) is 1. The minimum Gasteiger partial charge on any atom is -0.354 e. The number of nitrogens with zero attached hydrogens (tertiary/aromatic N) is 3.